The number of halogens is 1. The van der Waals surface area contributed by atoms with Gasteiger partial charge in [0.05, 0.1) is 11.4 Å². The Kier molecular flexibility index (Phi) is 4.22. The number of nitrogens with zero attached hydrogens (tertiary/aromatic N) is 1. The lowest BCUT2D eigenvalue weighted by molar-refractivity contribution is -0.121. The van der Waals surface area contributed by atoms with Gasteiger partial charge in [-0.05, 0) is 36.4 Å². The van der Waals surface area contributed by atoms with Gasteiger partial charge in [0.2, 0.25) is 11.8 Å². The van der Waals surface area contributed by atoms with Gasteiger partial charge >= 0.3 is 0 Å². The van der Waals surface area contributed by atoms with E-state index >= 15 is 0 Å². The summed E-state index contributed by atoms with van der Waals surface area (Å²) in [6.45, 7) is 0. The van der Waals surface area contributed by atoms with Crippen LogP contribution in [-0.4, -0.2) is 22.8 Å². The van der Waals surface area contributed by atoms with E-state index in [9.17, 15) is 19.5 Å². The van der Waals surface area contributed by atoms with Crippen molar-refractivity contribution in [2.24, 2.45) is 0 Å². The number of imide groups is 1. The fourth-order valence-electron chi connectivity index (χ4n) is 2.45. The van der Waals surface area contributed by atoms with Crippen LogP contribution in [-0.2, 0) is 9.59 Å². The second-order valence-corrected chi connectivity index (χ2v) is 5.73. The van der Waals surface area contributed by atoms with Gasteiger partial charge in [0, 0.05) is 23.4 Å². The van der Waals surface area contributed by atoms with E-state index in [2.05, 4.69) is 5.32 Å². The number of phenols is 1. The molecule has 1 fully saturated rings. The molecule has 6 nitrogen and oxygen atoms in total. The maximum atomic E-state index is 12.4. The van der Waals surface area contributed by atoms with Crippen LogP contribution in [0.25, 0.3) is 0 Å². The zero-order valence-corrected chi connectivity index (χ0v) is 13.2. The quantitative estimate of drug-likeness (QED) is 0.662. The first kappa shape index (κ1) is 16.0. The van der Waals surface area contributed by atoms with Crippen LogP contribution in [0.3, 0.4) is 0 Å². The van der Waals surface area contributed by atoms with Gasteiger partial charge in [-0.1, -0.05) is 17.7 Å². The minimum Gasteiger partial charge on any atom is -0.506 e. The second kappa shape index (κ2) is 6.33. The van der Waals surface area contributed by atoms with Crippen molar-refractivity contribution in [2.45, 2.75) is 12.8 Å². The Morgan fingerprint density at radius 3 is 2.50 bits per heavy atom. The van der Waals surface area contributed by atoms with Gasteiger partial charge in [0.1, 0.15) is 5.75 Å². The molecule has 1 aliphatic heterocycles. The molecule has 0 saturated carbocycles. The molecule has 0 radical (unpaired) electrons. The van der Waals surface area contributed by atoms with Crippen LogP contribution < -0.4 is 10.2 Å². The van der Waals surface area contributed by atoms with Crippen LogP contribution in [0, 0.1) is 0 Å². The maximum Gasteiger partial charge on any atom is 0.255 e. The Balaban J connectivity index is 1.86. The topological polar surface area (TPSA) is 86.7 Å². The van der Waals surface area contributed by atoms with Gasteiger partial charge in [0.25, 0.3) is 5.91 Å². The van der Waals surface area contributed by atoms with E-state index in [1.807, 2.05) is 0 Å². The molecule has 0 bridgehead atoms. The monoisotopic (exact) mass is 344 g/mol. The molecule has 2 aromatic carbocycles. The predicted octanol–water partition coefficient (Wildman–Crippen LogP) is 2.95. The summed E-state index contributed by atoms with van der Waals surface area (Å²) < 4.78 is 0. The molecule has 3 rings (SSSR count). The zero-order valence-electron chi connectivity index (χ0n) is 12.5. The number of carbonyl (C=O) groups is 3. The summed E-state index contributed by atoms with van der Waals surface area (Å²) in [6.07, 6.45) is 0.345. The van der Waals surface area contributed by atoms with E-state index < -0.39 is 5.91 Å². The summed E-state index contributed by atoms with van der Waals surface area (Å²) in [6, 6.07) is 10.5. The Labute approximate surface area is 142 Å². The number of rotatable bonds is 3. The fraction of sp³-hybridized carbons (Fsp3) is 0.118. The van der Waals surface area contributed by atoms with Crippen molar-refractivity contribution >= 4 is 40.7 Å². The molecular weight excluding hydrogens is 332 g/mol. The third-order valence-corrected chi connectivity index (χ3v) is 3.86. The van der Waals surface area contributed by atoms with Crippen molar-refractivity contribution in [2.75, 3.05) is 10.2 Å². The number of phenolic OH excluding ortho intramolecular Hbond substituents is 1. The molecule has 122 valence electrons. The lowest BCUT2D eigenvalue weighted by atomic mass is 10.1. The van der Waals surface area contributed by atoms with Crippen LogP contribution in [0.15, 0.2) is 42.5 Å². The highest BCUT2D eigenvalue weighted by Gasteiger charge is 2.30. The molecule has 0 aliphatic carbocycles. The van der Waals surface area contributed by atoms with Crippen LogP contribution in [0.2, 0.25) is 5.02 Å². The summed E-state index contributed by atoms with van der Waals surface area (Å²) in [5.74, 6) is -1.18. The summed E-state index contributed by atoms with van der Waals surface area (Å²) in [4.78, 5) is 37.0. The molecule has 1 saturated heterocycles. The summed E-state index contributed by atoms with van der Waals surface area (Å²) in [7, 11) is 0. The number of carbonyl (C=O) groups excluding carboxylic acids is 3. The molecule has 0 atom stereocenters. The molecule has 2 aromatic rings. The first-order valence-electron chi connectivity index (χ1n) is 7.21. The van der Waals surface area contributed by atoms with Crippen molar-refractivity contribution in [1.29, 1.82) is 0 Å². The van der Waals surface area contributed by atoms with Gasteiger partial charge in [-0.2, -0.15) is 0 Å². The normalized spacial score (nSPS) is 14.1. The van der Waals surface area contributed by atoms with Crippen molar-refractivity contribution in [3.63, 3.8) is 0 Å². The minimum atomic E-state index is -0.492. The number of hydrogen-bond donors (Lipinski definition) is 2. The van der Waals surface area contributed by atoms with E-state index in [4.69, 9.17) is 11.6 Å². The molecule has 24 heavy (non-hydrogen) atoms. The van der Waals surface area contributed by atoms with Gasteiger partial charge < -0.3 is 10.4 Å². The summed E-state index contributed by atoms with van der Waals surface area (Å²) in [5.41, 5.74) is 0.774. The number of benzene rings is 2. The number of hydrogen-bond acceptors (Lipinski definition) is 4. The maximum absolute atomic E-state index is 12.4. The van der Waals surface area contributed by atoms with E-state index in [0.717, 1.165) is 4.90 Å². The summed E-state index contributed by atoms with van der Waals surface area (Å²) >= 11 is 5.85. The highest BCUT2D eigenvalue weighted by Crippen LogP contribution is 2.28. The smallest absolute Gasteiger partial charge is 0.255 e. The van der Waals surface area contributed by atoms with Crippen molar-refractivity contribution < 1.29 is 19.5 Å². The lowest BCUT2D eigenvalue weighted by Gasteiger charge is -2.15. The first-order valence-corrected chi connectivity index (χ1v) is 7.59. The van der Waals surface area contributed by atoms with Crippen molar-refractivity contribution in [3.8, 4) is 5.75 Å². The van der Waals surface area contributed by atoms with Crippen molar-refractivity contribution in [1.82, 2.24) is 0 Å². The first-order chi connectivity index (χ1) is 11.5. The van der Waals surface area contributed by atoms with Crippen molar-refractivity contribution in [3.05, 3.63) is 53.1 Å². The molecule has 3 amide bonds. The Hall–Kier alpha value is -2.86. The number of nitrogens with one attached hydrogen (secondary N) is 1. The second-order valence-electron chi connectivity index (χ2n) is 5.29. The lowest BCUT2D eigenvalue weighted by Crippen LogP contribution is -2.28. The van der Waals surface area contributed by atoms with Crippen LogP contribution in [0.5, 0.6) is 5.75 Å². The molecular formula is C17H13ClN2O4. The molecule has 1 heterocycles. The number of amides is 3. The molecule has 7 heteroatoms. The van der Waals surface area contributed by atoms with Gasteiger partial charge in [-0.15, -0.1) is 0 Å². The van der Waals surface area contributed by atoms with Crippen LogP contribution >= 0.6 is 11.6 Å². The zero-order chi connectivity index (χ0) is 17.3. The Bertz CT molecular complexity index is 834. The largest absolute Gasteiger partial charge is 0.506 e. The average Bonchev–Trinajstić information content (AvgIpc) is 2.90. The molecule has 0 unspecified atom stereocenters. The van der Waals surface area contributed by atoms with E-state index in [0.29, 0.717) is 10.7 Å². The molecule has 2 N–H and O–H groups in total. The third-order valence-electron chi connectivity index (χ3n) is 3.62. The van der Waals surface area contributed by atoms with Gasteiger partial charge in [-0.25, -0.2) is 0 Å². The van der Waals surface area contributed by atoms with Gasteiger partial charge in [-0.3, -0.25) is 19.3 Å². The molecule has 1 aliphatic rings. The van der Waals surface area contributed by atoms with E-state index in [1.165, 1.54) is 24.3 Å². The molecule has 0 aromatic heterocycles. The Morgan fingerprint density at radius 2 is 1.79 bits per heavy atom. The SMILES string of the molecule is O=C(Nc1cc(Cl)ccc1O)c1cccc(N2C(=O)CCC2=O)c1. The Morgan fingerprint density at radius 1 is 1.08 bits per heavy atom. The van der Waals surface area contributed by atoms with Crippen LogP contribution in [0.1, 0.15) is 23.2 Å². The average molecular weight is 345 g/mol. The third kappa shape index (κ3) is 3.09. The fourth-order valence-corrected chi connectivity index (χ4v) is 2.63. The predicted molar refractivity (Wildman–Crippen MR) is 89.2 cm³/mol. The highest BCUT2D eigenvalue weighted by atomic mass is 35.5. The van der Waals surface area contributed by atoms with E-state index in [1.54, 1.807) is 18.2 Å². The summed E-state index contributed by atoms with van der Waals surface area (Å²) in [5, 5.41) is 12.7. The number of aromatic hydroxyl groups is 1. The van der Waals surface area contributed by atoms with Gasteiger partial charge in [0.15, 0.2) is 0 Å². The highest BCUT2D eigenvalue weighted by molar-refractivity contribution is 6.31. The van der Waals surface area contributed by atoms with Crippen LogP contribution in [0.4, 0.5) is 11.4 Å². The molecule has 0 spiro atoms. The minimum absolute atomic E-state index is 0.117. The number of anilines is 2. The van der Waals surface area contributed by atoms with E-state index in [-0.39, 0.29) is 41.7 Å². The standard InChI is InChI=1S/C17H13ClN2O4/c18-11-4-5-14(21)13(9-11)19-17(24)10-2-1-3-12(8-10)20-15(22)6-7-16(20)23/h1-5,8-9,21H,6-7H2,(H,19,24).